The normalized spacial score (nSPS) is 12.5. The molecule has 0 fully saturated rings. The summed E-state index contributed by atoms with van der Waals surface area (Å²) < 4.78 is 0.917. The molecule has 0 bridgehead atoms. The van der Waals surface area contributed by atoms with Crippen LogP contribution in [0.1, 0.15) is 17.2 Å². The molecular weight excluding hydrogens is 405 g/mol. The minimum Gasteiger partial charge on any atom is -0.384 e. The first-order chi connectivity index (χ1) is 8.50. The van der Waals surface area contributed by atoms with Crippen LogP contribution in [0, 0.1) is 3.57 Å². The summed E-state index contributed by atoms with van der Waals surface area (Å²) in [4.78, 5) is 0. The molecule has 2 aromatic rings. The van der Waals surface area contributed by atoms with E-state index in [9.17, 15) is 5.11 Å². The van der Waals surface area contributed by atoms with Gasteiger partial charge in [0.05, 0.1) is 10.0 Å². The van der Waals surface area contributed by atoms with Crippen LogP contribution in [-0.4, -0.2) is 5.11 Å². The molecule has 1 atom stereocenters. The fourth-order valence-corrected chi connectivity index (χ4v) is 2.85. The molecule has 0 heterocycles. The highest BCUT2D eigenvalue weighted by Crippen LogP contribution is 2.35. The lowest BCUT2D eigenvalue weighted by molar-refractivity contribution is 0.219. The molecule has 0 saturated heterocycles. The van der Waals surface area contributed by atoms with Gasteiger partial charge in [0.15, 0.2) is 0 Å². The molecule has 0 aliphatic heterocycles. The van der Waals surface area contributed by atoms with E-state index in [4.69, 9.17) is 34.8 Å². The van der Waals surface area contributed by atoms with E-state index >= 15 is 0 Å². The third-order valence-corrected chi connectivity index (χ3v) is 4.58. The molecule has 0 aliphatic carbocycles. The van der Waals surface area contributed by atoms with Crippen LogP contribution in [0.4, 0.5) is 0 Å². The SMILES string of the molecule is OC(c1cc(Cl)ccc1I)c1cccc(Cl)c1Cl. The van der Waals surface area contributed by atoms with Gasteiger partial charge < -0.3 is 5.11 Å². The van der Waals surface area contributed by atoms with Gasteiger partial charge in [-0.3, -0.25) is 0 Å². The molecule has 2 rings (SSSR count). The smallest absolute Gasteiger partial charge is 0.107 e. The molecule has 0 aliphatic rings. The van der Waals surface area contributed by atoms with E-state index in [-0.39, 0.29) is 0 Å². The van der Waals surface area contributed by atoms with Crippen molar-refractivity contribution in [2.75, 3.05) is 0 Å². The van der Waals surface area contributed by atoms with Crippen molar-refractivity contribution in [2.24, 2.45) is 0 Å². The summed E-state index contributed by atoms with van der Waals surface area (Å²) in [6.45, 7) is 0. The predicted octanol–water partition coefficient (Wildman–Crippen LogP) is 5.33. The largest absolute Gasteiger partial charge is 0.384 e. The van der Waals surface area contributed by atoms with Crippen molar-refractivity contribution in [1.29, 1.82) is 0 Å². The highest BCUT2D eigenvalue weighted by atomic mass is 127. The highest BCUT2D eigenvalue weighted by molar-refractivity contribution is 14.1. The molecule has 5 heteroatoms. The molecule has 1 nitrogen and oxygen atoms in total. The van der Waals surface area contributed by atoms with Gasteiger partial charge in [0, 0.05) is 14.2 Å². The van der Waals surface area contributed by atoms with Crippen LogP contribution in [0.2, 0.25) is 15.1 Å². The maximum absolute atomic E-state index is 10.4. The molecule has 2 aromatic carbocycles. The first-order valence-electron chi connectivity index (χ1n) is 5.07. The summed E-state index contributed by atoms with van der Waals surface area (Å²) >= 11 is 20.1. The van der Waals surface area contributed by atoms with E-state index in [2.05, 4.69) is 22.6 Å². The Balaban J connectivity index is 2.51. The summed E-state index contributed by atoms with van der Waals surface area (Å²) in [6, 6.07) is 10.5. The first kappa shape index (κ1) is 14.4. The lowest BCUT2D eigenvalue weighted by Gasteiger charge is -2.15. The quantitative estimate of drug-likeness (QED) is 0.660. The molecule has 94 valence electrons. The Kier molecular flexibility index (Phi) is 4.78. The van der Waals surface area contributed by atoms with Crippen molar-refractivity contribution in [2.45, 2.75) is 6.10 Å². The third-order valence-electron chi connectivity index (χ3n) is 2.53. The van der Waals surface area contributed by atoms with Crippen molar-refractivity contribution in [3.8, 4) is 0 Å². The van der Waals surface area contributed by atoms with Crippen LogP contribution >= 0.6 is 57.4 Å². The van der Waals surface area contributed by atoms with E-state index in [0.717, 1.165) is 3.57 Å². The number of rotatable bonds is 2. The van der Waals surface area contributed by atoms with Crippen LogP contribution in [0.3, 0.4) is 0 Å². The van der Waals surface area contributed by atoms with Crippen LogP contribution < -0.4 is 0 Å². The monoisotopic (exact) mass is 412 g/mol. The molecule has 1 unspecified atom stereocenters. The van der Waals surface area contributed by atoms with Gasteiger partial charge in [0.1, 0.15) is 6.10 Å². The second kappa shape index (κ2) is 5.97. The molecule has 1 N–H and O–H groups in total. The number of aliphatic hydroxyl groups is 1. The zero-order chi connectivity index (χ0) is 13.3. The number of hydrogen-bond acceptors (Lipinski definition) is 1. The molecule has 0 aromatic heterocycles. The predicted molar refractivity (Wildman–Crippen MR) is 84.7 cm³/mol. The molecule has 0 amide bonds. The van der Waals surface area contributed by atoms with Gasteiger partial charge >= 0.3 is 0 Å². The lowest BCUT2D eigenvalue weighted by atomic mass is 10.0. The second-order valence-corrected chi connectivity index (χ2v) is 6.10. The average molecular weight is 413 g/mol. The van der Waals surface area contributed by atoms with Gasteiger partial charge in [-0.15, -0.1) is 0 Å². The molecule has 0 radical (unpaired) electrons. The van der Waals surface area contributed by atoms with Crippen molar-refractivity contribution < 1.29 is 5.11 Å². The fraction of sp³-hybridized carbons (Fsp3) is 0.0769. The fourth-order valence-electron chi connectivity index (χ4n) is 1.62. The van der Waals surface area contributed by atoms with E-state index < -0.39 is 6.10 Å². The van der Waals surface area contributed by atoms with Crippen LogP contribution in [0.25, 0.3) is 0 Å². The lowest BCUT2D eigenvalue weighted by Crippen LogP contribution is -2.03. The zero-order valence-corrected chi connectivity index (χ0v) is 13.4. The van der Waals surface area contributed by atoms with Crippen LogP contribution in [0.5, 0.6) is 0 Å². The number of benzene rings is 2. The van der Waals surface area contributed by atoms with Crippen molar-refractivity contribution in [1.82, 2.24) is 0 Å². The van der Waals surface area contributed by atoms with E-state index in [1.807, 2.05) is 6.07 Å². The minimum atomic E-state index is -0.846. The maximum atomic E-state index is 10.4. The zero-order valence-electron chi connectivity index (χ0n) is 9.00. The first-order valence-corrected chi connectivity index (χ1v) is 7.29. The van der Waals surface area contributed by atoms with Gasteiger partial charge in [-0.25, -0.2) is 0 Å². The second-order valence-electron chi connectivity index (χ2n) is 3.71. The van der Waals surface area contributed by atoms with Crippen molar-refractivity contribution in [3.63, 3.8) is 0 Å². The molecular formula is C13H8Cl3IO. The van der Waals surface area contributed by atoms with E-state index in [0.29, 0.717) is 26.2 Å². The number of halogens is 4. The molecule has 0 saturated carbocycles. The topological polar surface area (TPSA) is 20.2 Å². The van der Waals surface area contributed by atoms with Gasteiger partial charge in [-0.05, 0) is 52.4 Å². The van der Waals surface area contributed by atoms with Crippen LogP contribution in [-0.2, 0) is 0 Å². The van der Waals surface area contributed by atoms with Gasteiger partial charge in [0.25, 0.3) is 0 Å². The summed E-state index contributed by atoms with van der Waals surface area (Å²) in [7, 11) is 0. The van der Waals surface area contributed by atoms with Gasteiger partial charge in [-0.2, -0.15) is 0 Å². The number of aliphatic hydroxyl groups excluding tert-OH is 1. The van der Waals surface area contributed by atoms with E-state index in [1.54, 1.807) is 30.3 Å². The Hall–Kier alpha value is -0.000000000000000111. The Bertz CT molecular complexity index is 584. The van der Waals surface area contributed by atoms with Gasteiger partial charge in [0.2, 0.25) is 0 Å². The van der Waals surface area contributed by atoms with Crippen molar-refractivity contribution in [3.05, 3.63) is 66.2 Å². The Morgan fingerprint density at radius 1 is 1.00 bits per heavy atom. The number of hydrogen-bond donors (Lipinski definition) is 1. The van der Waals surface area contributed by atoms with Crippen LogP contribution in [0.15, 0.2) is 36.4 Å². The van der Waals surface area contributed by atoms with E-state index in [1.165, 1.54) is 0 Å². The maximum Gasteiger partial charge on any atom is 0.107 e. The summed E-state index contributed by atoms with van der Waals surface area (Å²) in [5.41, 5.74) is 1.29. The van der Waals surface area contributed by atoms with Crippen molar-refractivity contribution >= 4 is 57.4 Å². The Morgan fingerprint density at radius 2 is 1.72 bits per heavy atom. The third kappa shape index (κ3) is 2.94. The standard InChI is InChI=1S/C13H8Cl3IO/c14-7-4-5-11(17)9(6-7)13(18)8-2-1-3-10(15)12(8)16/h1-6,13,18H. The Labute approximate surface area is 134 Å². The van der Waals surface area contributed by atoms with Gasteiger partial charge in [-0.1, -0.05) is 46.9 Å². The molecule has 0 spiro atoms. The average Bonchev–Trinajstić information content (AvgIpc) is 2.35. The molecule has 18 heavy (non-hydrogen) atoms. The highest BCUT2D eigenvalue weighted by Gasteiger charge is 2.18. The summed E-state index contributed by atoms with van der Waals surface area (Å²) in [5, 5.41) is 11.8. The minimum absolute atomic E-state index is 0.363. The summed E-state index contributed by atoms with van der Waals surface area (Å²) in [5.74, 6) is 0. The summed E-state index contributed by atoms with van der Waals surface area (Å²) in [6.07, 6.45) is -0.846. The Morgan fingerprint density at radius 3 is 2.44 bits per heavy atom.